The zero-order chi connectivity index (χ0) is 28.4. The molecule has 1 atom stereocenters. The van der Waals surface area contributed by atoms with Crippen molar-refractivity contribution in [2.75, 3.05) is 0 Å². The van der Waals surface area contributed by atoms with Gasteiger partial charge >= 0.3 is 11.9 Å². The maximum atomic E-state index is 13.0. The molecule has 0 N–H and O–H groups in total. The third-order valence-corrected chi connectivity index (χ3v) is 6.27. The minimum atomic E-state index is -4.66. The van der Waals surface area contributed by atoms with Crippen LogP contribution < -0.4 is 9.47 Å². The van der Waals surface area contributed by atoms with E-state index in [1.165, 1.54) is 25.1 Å². The second kappa shape index (κ2) is 11.3. The number of hydrogen-bond donors (Lipinski definition) is 0. The fourth-order valence-electron chi connectivity index (χ4n) is 3.30. The fraction of sp³-hybridized carbons (Fsp3) is 0.167. The molecule has 0 fully saturated rings. The quantitative estimate of drug-likeness (QED) is 0.187. The van der Waals surface area contributed by atoms with Gasteiger partial charge in [0, 0.05) is 29.1 Å². The molecule has 198 valence electrons. The average molecular weight is 608 g/mol. The first-order valence-corrected chi connectivity index (χ1v) is 11.9. The lowest BCUT2D eigenvalue weighted by Gasteiger charge is -2.27. The second-order valence-corrected chi connectivity index (χ2v) is 9.21. The van der Waals surface area contributed by atoms with Gasteiger partial charge in [-0.05, 0) is 30.3 Å². The first-order valence-electron chi connectivity index (χ1n) is 10.3. The van der Waals surface area contributed by atoms with Crippen molar-refractivity contribution in [3.05, 3.63) is 89.9 Å². The molecule has 0 bridgehead atoms. The minimum absolute atomic E-state index is 0.120. The molecule has 0 spiro atoms. The summed E-state index contributed by atoms with van der Waals surface area (Å²) in [6.45, 7) is 1.44. The molecule has 7 nitrogen and oxygen atoms in total. The molecule has 0 saturated carbocycles. The molecule has 0 radical (unpaired) electrons. The molecule has 3 rings (SSSR count). The maximum Gasteiger partial charge on any atom is 0.416 e. The number of ether oxygens (including phenoxy) is 2. The summed E-state index contributed by atoms with van der Waals surface area (Å²) in [4.78, 5) is 23.9. The molecule has 0 amide bonds. The van der Waals surface area contributed by atoms with Gasteiger partial charge in [0.15, 0.2) is 5.78 Å². The number of alkyl halides is 3. The van der Waals surface area contributed by atoms with Crippen LogP contribution in [0.2, 0.25) is 20.1 Å². The Bertz CT molecular complexity index is 1480. The van der Waals surface area contributed by atoms with E-state index in [0.29, 0.717) is 12.1 Å². The fourth-order valence-corrected chi connectivity index (χ4v) is 4.26. The smallest absolute Gasteiger partial charge is 0.416 e. The zero-order valence-corrected chi connectivity index (χ0v) is 21.9. The first kappa shape index (κ1) is 29.3. The molecule has 0 aromatic heterocycles. The molecule has 0 aliphatic rings. The zero-order valence-electron chi connectivity index (χ0n) is 18.9. The second-order valence-electron chi connectivity index (χ2n) is 7.55. The first-order chi connectivity index (χ1) is 17.7. The summed E-state index contributed by atoms with van der Waals surface area (Å²) in [5.74, 6) is -2.00. The van der Waals surface area contributed by atoms with Gasteiger partial charge in [-0.1, -0.05) is 59.4 Å². The van der Waals surface area contributed by atoms with E-state index in [9.17, 15) is 33.3 Å². The molecule has 3 aromatic rings. The number of hydrogen-bond acceptors (Lipinski definition) is 6. The van der Waals surface area contributed by atoms with Crippen LogP contribution in [0.25, 0.3) is 0 Å². The number of ketones is 1. The third-order valence-electron chi connectivity index (χ3n) is 5.13. The van der Waals surface area contributed by atoms with Crippen molar-refractivity contribution >= 4 is 57.9 Å². The maximum absolute atomic E-state index is 13.0. The van der Waals surface area contributed by atoms with E-state index >= 15 is 0 Å². The summed E-state index contributed by atoms with van der Waals surface area (Å²) >= 11 is 24.2. The standard InChI is InChI=1S/C24H13Cl4F3N2O5/c1-2-22(34)23(11-32,14-5-4-13(25)8-15(14)26)38-21-10-20(17(28)9-18(21)33(35)36)37-19-6-3-12(7-16(19)27)24(29,30)31/h3-10H,2H2,1H3. The van der Waals surface area contributed by atoms with Crippen molar-refractivity contribution in [3.63, 3.8) is 0 Å². The van der Waals surface area contributed by atoms with Crippen molar-refractivity contribution in [2.45, 2.75) is 25.1 Å². The lowest BCUT2D eigenvalue weighted by atomic mass is 9.89. The van der Waals surface area contributed by atoms with E-state index < -0.39 is 44.5 Å². The van der Waals surface area contributed by atoms with Crippen LogP contribution in [0.4, 0.5) is 18.9 Å². The Labute approximate surface area is 233 Å². The molecule has 14 heteroatoms. The Morgan fingerprint density at radius 1 is 0.974 bits per heavy atom. The summed E-state index contributed by atoms with van der Waals surface area (Å²) in [6, 6.07) is 9.61. The highest BCUT2D eigenvalue weighted by Crippen LogP contribution is 2.45. The van der Waals surface area contributed by atoms with Crippen LogP contribution in [0.3, 0.4) is 0 Å². The molecular formula is C24H13Cl4F3N2O5. The summed E-state index contributed by atoms with van der Waals surface area (Å²) in [6.07, 6.45) is -4.89. The van der Waals surface area contributed by atoms with Crippen molar-refractivity contribution in [1.82, 2.24) is 0 Å². The lowest BCUT2D eigenvalue weighted by Crippen LogP contribution is -2.40. The van der Waals surface area contributed by atoms with Gasteiger partial charge in [0.1, 0.15) is 17.6 Å². The van der Waals surface area contributed by atoms with Gasteiger partial charge in [-0.2, -0.15) is 18.4 Å². The Kier molecular flexibility index (Phi) is 8.68. The van der Waals surface area contributed by atoms with Crippen LogP contribution in [0.15, 0.2) is 48.5 Å². The summed E-state index contributed by atoms with van der Waals surface area (Å²) in [7, 11) is 0. The van der Waals surface area contributed by atoms with E-state index in [1.54, 1.807) is 6.07 Å². The molecule has 38 heavy (non-hydrogen) atoms. The predicted molar refractivity (Wildman–Crippen MR) is 134 cm³/mol. The number of nitro groups is 1. The van der Waals surface area contributed by atoms with Crippen molar-refractivity contribution in [3.8, 4) is 23.3 Å². The molecule has 0 aliphatic carbocycles. The predicted octanol–water partition coefficient (Wildman–Crippen LogP) is 8.80. The van der Waals surface area contributed by atoms with Crippen molar-refractivity contribution in [1.29, 1.82) is 5.26 Å². The molecule has 0 aliphatic heterocycles. The highest BCUT2D eigenvalue weighted by molar-refractivity contribution is 6.35. The number of nitro benzene ring substituents is 1. The number of nitriles is 1. The number of carbonyl (C=O) groups excluding carboxylic acids is 1. The Hall–Kier alpha value is -3.23. The largest absolute Gasteiger partial charge is 0.454 e. The number of carbonyl (C=O) groups is 1. The molecule has 3 aromatic carbocycles. The SMILES string of the molecule is CCC(=O)C(C#N)(Oc1cc(Oc2ccc(C(F)(F)F)cc2Cl)c(Cl)cc1[N+](=O)[O-])c1ccc(Cl)cc1Cl. The number of rotatable bonds is 8. The summed E-state index contributed by atoms with van der Waals surface area (Å²) in [5.41, 5.74) is -4.35. The Morgan fingerprint density at radius 3 is 2.16 bits per heavy atom. The Balaban J connectivity index is 2.16. The number of Topliss-reactive ketones (excluding diaryl/α,β-unsaturated/α-hetero) is 1. The van der Waals surface area contributed by atoms with Crippen molar-refractivity contribution < 1.29 is 32.4 Å². The van der Waals surface area contributed by atoms with Crippen LogP contribution in [0.5, 0.6) is 17.2 Å². The van der Waals surface area contributed by atoms with E-state index in [1.807, 2.05) is 0 Å². The van der Waals surface area contributed by atoms with Crippen LogP contribution in [0.1, 0.15) is 24.5 Å². The van der Waals surface area contributed by atoms with Crippen LogP contribution in [-0.2, 0) is 16.6 Å². The van der Waals surface area contributed by atoms with Crippen LogP contribution >= 0.6 is 46.4 Å². The van der Waals surface area contributed by atoms with Gasteiger partial charge in [0.25, 0.3) is 5.60 Å². The molecule has 0 saturated heterocycles. The number of benzene rings is 3. The molecular weight excluding hydrogens is 595 g/mol. The van der Waals surface area contributed by atoms with E-state index in [-0.39, 0.29) is 38.6 Å². The highest BCUT2D eigenvalue weighted by atomic mass is 35.5. The van der Waals surface area contributed by atoms with Crippen LogP contribution in [-0.4, -0.2) is 10.7 Å². The molecule has 1 unspecified atom stereocenters. The molecule has 0 heterocycles. The van der Waals surface area contributed by atoms with E-state index in [4.69, 9.17) is 55.9 Å². The van der Waals surface area contributed by atoms with E-state index in [2.05, 4.69) is 0 Å². The van der Waals surface area contributed by atoms with Gasteiger partial charge < -0.3 is 9.47 Å². The third kappa shape index (κ3) is 5.92. The normalized spacial score (nSPS) is 12.8. The monoisotopic (exact) mass is 606 g/mol. The van der Waals surface area contributed by atoms with Gasteiger partial charge in [-0.3, -0.25) is 14.9 Å². The van der Waals surface area contributed by atoms with Gasteiger partial charge in [-0.15, -0.1) is 0 Å². The average Bonchev–Trinajstić information content (AvgIpc) is 2.84. The summed E-state index contributed by atoms with van der Waals surface area (Å²) < 4.78 is 50.2. The minimum Gasteiger partial charge on any atom is -0.454 e. The van der Waals surface area contributed by atoms with Gasteiger partial charge in [0.05, 0.1) is 25.6 Å². The topological polar surface area (TPSA) is 102 Å². The van der Waals surface area contributed by atoms with Gasteiger partial charge in [0.2, 0.25) is 5.75 Å². The number of nitrogens with zero attached hydrogens (tertiary/aromatic N) is 2. The van der Waals surface area contributed by atoms with Crippen LogP contribution in [0, 0.1) is 21.4 Å². The van der Waals surface area contributed by atoms with Crippen molar-refractivity contribution in [2.24, 2.45) is 0 Å². The summed E-state index contributed by atoms with van der Waals surface area (Å²) in [5, 5.41) is 21.2. The Morgan fingerprint density at radius 2 is 1.63 bits per heavy atom. The van der Waals surface area contributed by atoms with E-state index in [0.717, 1.165) is 18.2 Å². The highest BCUT2D eigenvalue weighted by Gasteiger charge is 2.45. The lowest BCUT2D eigenvalue weighted by molar-refractivity contribution is -0.386. The number of halogens is 7. The van der Waals surface area contributed by atoms with Gasteiger partial charge in [-0.25, -0.2) is 0 Å².